The molecule has 162 valence electrons. The lowest BCUT2D eigenvalue weighted by Gasteiger charge is -2.25. The molecule has 2 heterocycles. The van der Waals surface area contributed by atoms with Crippen molar-refractivity contribution in [1.29, 1.82) is 0 Å². The van der Waals surface area contributed by atoms with Gasteiger partial charge >= 0.3 is 0 Å². The van der Waals surface area contributed by atoms with Crippen molar-refractivity contribution in [3.8, 4) is 0 Å². The molecule has 1 aromatic heterocycles. The van der Waals surface area contributed by atoms with Gasteiger partial charge in [0, 0.05) is 25.1 Å². The maximum atomic E-state index is 13.0. The number of amides is 1. The topological polar surface area (TPSA) is 67.2 Å². The van der Waals surface area contributed by atoms with E-state index in [1.54, 1.807) is 18.2 Å². The fourth-order valence-corrected chi connectivity index (χ4v) is 4.30. The van der Waals surface area contributed by atoms with Gasteiger partial charge in [-0.1, -0.05) is 43.2 Å². The van der Waals surface area contributed by atoms with Crippen LogP contribution < -0.4 is 10.9 Å². The number of hydrogen-bond acceptors (Lipinski definition) is 4. The summed E-state index contributed by atoms with van der Waals surface area (Å²) < 4.78 is 1.82. The average Bonchev–Trinajstić information content (AvgIpc) is 2.75. The smallest absolute Gasteiger partial charge is 0.261 e. The molecule has 6 nitrogen and oxygen atoms in total. The van der Waals surface area contributed by atoms with E-state index in [2.05, 4.69) is 22.3 Å². The summed E-state index contributed by atoms with van der Waals surface area (Å²) in [7, 11) is 4.01. The Morgan fingerprint density at radius 1 is 1.10 bits per heavy atom. The van der Waals surface area contributed by atoms with Crippen molar-refractivity contribution in [3.63, 3.8) is 0 Å². The maximum absolute atomic E-state index is 13.0. The quantitative estimate of drug-likeness (QED) is 0.688. The van der Waals surface area contributed by atoms with Crippen molar-refractivity contribution in [2.45, 2.75) is 44.7 Å². The van der Waals surface area contributed by atoms with Crippen LogP contribution in [0.15, 0.2) is 53.3 Å². The van der Waals surface area contributed by atoms with Gasteiger partial charge in [0.1, 0.15) is 5.82 Å². The van der Waals surface area contributed by atoms with Gasteiger partial charge < -0.3 is 10.2 Å². The molecule has 0 radical (unpaired) electrons. The molecule has 0 saturated heterocycles. The predicted molar refractivity (Wildman–Crippen MR) is 123 cm³/mol. The van der Waals surface area contributed by atoms with Crippen molar-refractivity contribution < 1.29 is 4.79 Å². The second-order valence-electron chi connectivity index (χ2n) is 8.48. The van der Waals surface area contributed by atoms with E-state index in [-0.39, 0.29) is 17.5 Å². The minimum absolute atomic E-state index is 0.00519. The Bertz CT molecular complexity index is 1120. The highest BCUT2D eigenvalue weighted by Crippen LogP contribution is 2.18. The number of carbonyl (C=O) groups is 1. The van der Waals surface area contributed by atoms with Gasteiger partial charge in [0.25, 0.3) is 11.5 Å². The Morgan fingerprint density at radius 3 is 2.65 bits per heavy atom. The Kier molecular flexibility index (Phi) is 6.47. The Hall–Kier alpha value is -2.99. The van der Waals surface area contributed by atoms with Crippen LogP contribution in [0.2, 0.25) is 0 Å². The van der Waals surface area contributed by atoms with Crippen LogP contribution in [-0.4, -0.2) is 41.0 Å². The van der Waals surface area contributed by atoms with E-state index in [4.69, 9.17) is 4.98 Å². The average molecular weight is 419 g/mol. The molecule has 2 aromatic carbocycles. The number of rotatable bonds is 5. The van der Waals surface area contributed by atoms with E-state index in [1.807, 2.05) is 36.9 Å². The minimum Gasteiger partial charge on any atom is -0.350 e. The van der Waals surface area contributed by atoms with E-state index in [9.17, 15) is 9.59 Å². The molecule has 1 aliphatic heterocycles. The molecule has 0 spiro atoms. The van der Waals surface area contributed by atoms with Crippen LogP contribution in [0.3, 0.4) is 0 Å². The predicted octanol–water partition coefficient (Wildman–Crippen LogP) is 3.55. The SMILES string of the molecule is CN(C)C(CNC(=O)c1ccc2c(=O)n3c(nc2c1)CCCCCC3)c1ccccc1. The molecule has 0 aliphatic carbocycles. The molecule has 1 unspecified atom stereocenters. The molecule has 6 heteroatoms. The first-order chi connectivity index (χ1) is 15.0. The number of aryl methyl sites for hydroxylation is 1. The zero-order valence-electron chi connectivity index (χ0n) is 18.3. The third-order valence-corrected chi connectivity index (χ3v) is 6.09. The van der Waals surface area contributed by atoms with Gasteiger partial charge in [0.05, 0.1) is 16.9 Å². The van der Waals surface area contributed by atoms with Crippen LogP contribution in [0.25, 0.3) is 10.9 Å². The van der Waals surface area contributed by atoms with E-state index in [0.29, 0.717) is 23.0 Å². The van der Waals surface area contributed by atoms with Crippen LogP contribution in [0.1, 0.15) is 53.5 Å². The number of fused-ring (bicyclic) bond motifs is 2. The Labute approximate surface area is 182 Å². The number of carbonyl (C=O) groups excluding carboxylic acids is 1. The third kappa shape index (κ3) is 4.69. The number of hydrogen-bond donors (Lipinski definition) is 1. The van der Waals surface area contributed by atoms with E-state index in [1.165, 1.54) is 6.42 Å². The molecule has 3 aromatic rings. The van der Waals surface area contributed by atoms with E-state index < -0.39 is 0 Å². The molecular formula is C25H30N4O2. The summed E-state index contributed by atoms with van der Waals surface area (Å²) in [4.78, 5) is 32.7. The van der Waals surface area contributed by atoms with Crippen molar-refractivity contribution >= 4 is 16.8 Å². The fourth-order valence-electron chi connectivity index (χ4n) is 4.30. The highest BCUT2D eigenvalue weighted by atomic mass is 16.1. The zero-order chi connectivity index (χ0) is 21.8. The van der Waals surface area contributed by atoms with Gasteiger partial charge in [0.15, 0.2) is 0 Å². The molecule has 0 fully saturated rings. The van der Waals surface area contributed by atoms with E-state index >= 15 is 0 Å². The van der Waals surface area contributed by atoms with Crippen LogP contribution in [0.5, 0.6) is 0 Å². The van der Waals surface area contributed by atoms with Crippen molar-refractivity contribution in [2.75, 3.05) is 20.6 Å². The number of nitrogens with one attached hydrogen (secondary N) is 1. The van der Waals surface area contributed by atoms with Gasteiger partial charge in [-0.3, -0.25) is 14.2 Å². The van der Waals surface area contributed by atoms with Crippen LogP contribution in [-0.2, 0) is 13.0 Å². The monoisotopic (exact) mass is 418 g/mol. The first-order valence-corrected chi connectivity index (χ1v) is 11.1. The minimum atomic E-state index is -0.154. The van der Waals surface area contributed by atoms with Crippen LogP contribution >= 0.6 is 0 Å². The first-order valence-electron chi connectivity index (χ1n) is 11.1. The number of likely N-dealkylation sites (N-methyl/N-ethyl adjacent to an activating group) is 1. The fraction of sp³-hybridized carbons (Fsp3) is 0.400. The summed E-state index contributed by atoms with van der Waals surface area (Å²) in [5.74, 6) is 0.685. The highest BCUT2D eigenvalue weighted by Gasteiger charge is 2.17. The standard InChI is InChI=1S/C25H30N4O2/c1-28(2)22(18-10-6-5-7-11-18)17-26-24(30)19-13-14-20-21(16-19)27-23-12-8-3-4-9-15-29(23)25(20)31/h5-7,10-11,13-14,16,22H,3-4,8-9,12,15,17H2,1-2H3,(H,26,30). The molecule has 31 heavy (non-hydrogen) atoms. The normalized spacial score (nSPS) is 15.2. The molecular weight excluding hydrogens is 388 g/mol. The zero-order valence-corrected chi connectivity index (χ0v) is 18.3. The molecule has 0 bridgehead atoms. The molecule has 1 amide bonds. The lowest BCUT2D eigenvalue weighted by Crippen LogP contribution is -2.34. The maximum Gasteiger partial charge on any atom is 0.261 e. The number of aromatic nitrogens is 2. The van der Waals surface area contributed by atoms with Crippen LogP contribution in [0, 0.1) is 0 Å². The first kappa shape index (κ1) is 21.2. The summed E-state index contributed by atoms with van der Waals surface area (Å²) in [5.41, 5.74) is 2.29. The molecule has 4 rings (SSSR count). The largest absolute Gasteiger partial charge is 0.350 e. The molecule has 1 atom stereocenters. The van der Waals surface area contributed by atoms with Gasteiger partial charge in [-0.15, -0.1) is 0 Å². The van der Waals surface area contributed by atoms with Crippen molar-refractivity contribution in [2.24, 2.45) is 0 Å². The summed E-state index contributed by atoms with van der Waals surface area (Å²) in [5, 5.41) is 3.63. The third-order valence-electron chi connectivity index (χ3n) is 6.09. The van der Waals surface area contributed by atoms with Crippen molar-refractivity contribution in [1.82, 2.24) is 19.8 Å². The molecule has 0 saturated carbocycles. The van der Waals surface area contributed by atoms with E-state index in [0.717, 1.165) is 43.6 Å². The summed E-state index contributed by atoms with van der Waals surface area (Å²) in [6.45, 7) is 1.22. The summed E-state index contributed by atoms with van der Waals surface area (Å²) in [6.07, 6.45) is 5.19. The highest BCUT2D eigenvalue weighted by molar-refractivity contribution is 5.97. The summed E-state index contributed by atoms with van der Waals surface area (Å²) >= 11 is 0. The van der Waals surface area contributed by atoms with Gasteiger partial charge in [-0.25, -0.2) is 4.98 Å². The molecule has 1 aliphatic rings. The lowest BCUT2D eigenvalue weighted by atomic mass is 10.1. The van der Waals surface area contributed by atoms with Crippen LogP contribution in [0.4, 0.5) is 0 Å². The second-order valence-corrected chi connectivity index (χ2v) is 8.48. The van der Waals surface area contributed by atoms with Gasteiger partial charge in [-0.05, 0) is 50.7 Å². The van der Waals surface area contributed by atoms with Crippen molar-refractivity contribution in [3.05, 3.63) is 75.8 Å². The van der Waals surface area contributed by atoms with Gasteiger partial charge in [0.2, 0.25) is 0 Å². The Balaban J connectivity index is 1.57. The van der Waals surface area contributed by atoms with Gasteiger partial charge in [-0.2, -0.15) is 0 Å². The molecule has 1 N–H and O–H groups in total. The lowest BCUT2D eigenvalue weighted by molar-refractivity contribution is 0.0942. The summed E-state index contributed by atoms with van der Waals surface area (Å²) in [6, 6.07) is 15.4. The number of nitrogens with zero attached hydrogens (tertiary/aromatic N) is 3. The Morgan fingerprint density at radius 2 is 1.87 bits per heavy atom. The second kappa shape index (κ2) is 9.43. The number of benzene rings is 2.